The maximum absolute atomic E-state index is 5.67. The Morgan fingerprint density at radius 3 is 2.57 bits per heavy atom. The predicted molar refractivity (Wildman–Crippen MR) is 93.1 cm³/mol. The van der Waals surface area contributed by atoms with Gasteiger partial charge in [0, 0.05) is 16.7 Å². The summed E-state index contributed by atoms with van der Waals surface area (Å²) in [6.45, 7) is 5.86. The molecule has 0 amide bonds. The molecule has 0 fully saturated rings. The topological polar surface area (TPSA) is 21.3 Å². The third-order valence-corrected chi connectivity index (χ3v) is 4.42. The van der Waals surface area contributed by atoms with Gasteiger partial charge in [-0.15, -0.1) is 0 Å². The van der Waals surface area contributed by atoms with Crippen LogP contribution in [0.2, 0.25) is 0 Å². The van der Waals surface area contributed by atoms with E-state index in [4.69, 9.17) is 4.74 Å². The number of halogens is 1. The summed E-state index contributed by atoms with van der Waals surface area (Å²) in [5.41, 5.74) is 3.60. The second kappa shape index (κ2) is 8.08. The zero-order valence-corrected chi connectivity index (χ0v) is 14.2. The maximum atomic E-state index is 5.67. The number of unbranched alkanes of at least 4 members (excludes halogenated alkanes) is 1. The molecule has 2 aromatic rings. The quantitative estimate of drug-likeness (QED) is 0.663. The van der Waals surface area contributed by atoms with Crippen LogP contribution in [0, 0.1) is 6.92 Å². The summed E-state index contributed by atoms with van der Waals surface area (Å²) in [5, 5.41) is 3.45. The van der Waals surface area contributed by atoms with Crippen LogP contribution in [0.5, 0.6) is 5.75 Å². The van der Waals surface area contributed by atoms with E-state index in [2.05, 4.69) is 65.4 Å². The van der Waals surface area contributed by atoms with Crippen molar-refractivity contribution in [1.29, 1.82) is 0 Å². The Morgan fingerprint density at radius 1 is 1.10 bits per heavy atom. The number of anilines is 1. The van der Waals surface area contributed by atoms with Crippen LogP contribution in [0.1, 0.15) is 30.9 Å². The molecule has 3 heteroatoms. The summed E-state index contributed by atoms with van der Waals surface area (Å²) in [5.74, 6) is 0.948. The fourth-order valence-electron chi connectivity index (χ4n) is 2.02. The molecule has 21 heavy (non-hydrogen) atoms. The van der Waals surface area contributed by atoms with Crippen LogP contribution in [-0.4, -0.2) is 6.61 Å². The number of hydrogen-bond donors (Lipinski definition) is 1. The number of benzene rings is 2. The molecule has 0 saturated heterocycles. The first kappa shape index (κ1) is 15.9. The molecule has 0 unspecified atom stereocenters. The SMILES string of the molecule is CCCCOc1ccc(CNc2cccc(C)c2Br)cc1. The molecule has 0 spiro atoms. The Balaban J connectivity index is 1.90. The predicted octanol–water partition coefficient (Wildman–Crippen LogP) is 5.55. The minimum Gasteiger partial charge on any atom is -0.494 e. The Hall–Kier alpha value is -1.48. The molecule has 112 valence electrons. The van der Waals surface area contributed by atoms with E-state index in [1.807, 2.05) is 12.1 Å². The smallest absolute Gasteiger partial charge is 0.119 e. The first-order valence-corrected chi connectivity index (χ1v) is 8.20. The third kappa shape index (κ3) is 4.78. The molecule has 0 saturated carbocycles. The van der Waals surface area contributed by atoms with Gasteiger partial charge in [-0.2, -0.15) is 0 Å². The van der Waals surface area contributed by atoms with Crippen LogP contribution in [-0.2, 0) is 6.54 Å². The first-order chi connectivity index (χ1) is 10.2. The highest BCUT2D eigenvalue weighted by Gasteiger charge is 2.02. The summed E-state index contributed by atoms with van der Waals surface area (Å²) >= 11 is 3.62. The fraction of sp³-hybridized carbons (Fsp3) is 0.333. The van der Waals surface area contributed by atoms with Gasteiger partial charge in [0.05, 0.1) is 6.61 Å². The van der Waals surface area contributed by atoms with Crippen molar-refractivity contribution >= 4 is 21.6 Å². The molecule has 2 aromatic carbocycles. The second-order valence-corrected chi connectivity index (χ2v) is 5.93. The lowest BCUT2D eigenvalue weighted by molar-refractivity contribution is 0.309. The molecule has 0 aliphatic heterocycles. The molecule has 0 bridgehead atoms. The van der Waals surface area contributed by atoms with E-state index in [1.165, 1.54) is 11.1 Å². The van der Waals surface area contributed by atoms with Gasteiger partial charge in [-0.25, -0.2) is 0 Å². The number of aryl methyl sites for hydroxylation is 1. The van der Waals surface area contributed by atoms with Crippen LogP contribution >= 0.6 is 15.9 Å². The van der Waals surface area contributed by atoms with Gasteiger partial charge < -0.3 is 10.1 Å². The molecule has 2 rings (SSSR count). The van der Waals surface area contributed by atoms with Crippen molar-refractivity contribution in [3.05, 3.63) is 58.1 Å². The summed E-state index contributed by atoms with van der Waals surface area (Å²) in [6, 6.07) is 14.5. The van der Waals surface area contributed by atoms with E-state index in [0.29, 0.717) is 0 Å². The molecule has 0 aromatic heterocycles. The molecule has 1 N–H and O–H groups in total. The Labute approximate surface area is 135 Å². The van der Waals surface area contributed by atoms with E-state index in [9.17, 15) is 0 Å². The average Bonchev–Trinajstić information content (AvgIpc) is 2.50. The van der Waals surface area contributed by atoms with E-state index in [0.717, 1.165) is 41.9 Å². The van der Waals surface area contributed by atoms with Crippen molar-refractivity contribution in [2.45, 2.75) is 33.2 Å². The molecular formula is C18H22BrNO. The number of nitrogens with one attached hydrogen (secondary N) is 1. The monoisotopic (exact) mass is 347 g/mol. The molecule has 0 atom stereocenters. The van der Waals surface area contributed by atoms with Gasteiger partial charge >= 0.3 is 0 Å². The van der Waals surface area contributed by atoms with E-state index >= 15 is 0 Å². The van der Waals surface area contributed by atoms with Gasteiger partial charge in [0.1, 0.15) is 5.75 Å². The zero-order chi connectivity index (χ0) is 15.1. The van der Waals surface area contributed by atoms with Crippen molar-refractivity contribution in [3.63, 3.8) is 0 Å². The highest BCUT2D eigenvalue weighted by Crippen LogP contribution is 2.26. The number of hydrogen-bond acceptors (Lipinski definition) is 2. The fourth-order valence-corrected chi connectivity index (χ4v) is 2.42. The largest absolute Gasteiger partial charge is 0.494 e. The molecule has 2 nitrogen and oxygen atoms in total. The number of ether oxygens (including phenoxy) is 1. The van der Waals surface area contributed by atoms with Gasteiger partial charge in [-0.3, -0.25) is 0 Å². The van der Waals surface area contributed by atoms with E-state index < -0.39 is 0 Å². The zero-order valence-electron chi connectivity index (χ0n) is 12.7. The van der Waals surface area contributed by atoms with E-state index in [1.54, 1.807) is 0 Å². The lowest BCUT2D eigenvalue weighted by Gasteiger charge is -2.11. The molecule has 0 radical (unpaired) electrons. The Morgan fingerprint density at radius 2 is 1.86 bits per heavy atom. The van der Waals surface area contributed by atoms with Crippen LogP contribution < -0.4 is 10.1 Å². The van der Waals surface area contributed by atoms with Crippen molar-refractivity contribution in [2.75, 3.05) is 11.9 Å². The number of rotatable bonds is 7. The lowest BCUT2D eigenvalue weighted by atomic mass is 10.2. The minimum atomic E-state index is 0.796. The summed E-state index contributed by atoms with van der Waals surface area (Å²) in [6.07, 6.45) is 2.26. The lowest BCUT2D eigenvalue weighted by Crippen LogP contribution is -2.01. The minimum absolute atomic E-state index is 0.796. The van der Waals surface area contributed by atoms with Crippen molar-refractivity contribution in [1.82, 2.24) is 0 Å². The van der Waals surface area contributed by atoms with Crippen LogP contribution in [0.25, 0.3) is 0 Å². The summed E-state index contributed by atoms with van der Waals surface area (Å²) in [7, 11) is 0. The van der Waals surface area contributed by atoms with Gasteiger partial charge in [0.25, 0.3) is 0 Å². The highest BCUT2D eigenvalue weighted by molar-refractivity contribution is 9.10. The normalized spacial score (nSPS) is 10.4. The molecule has 0 heterocycles. The van der Waals surface area contributed by atoms with Crippen LogP contribution in [0.15, 0.2) is 46.9 Å². The summed E-state index contributed by atoms with van der Waals surface area (Å²) < 4.78 is 6.80. The highest BCUT2D eigenvalue weighted by atomic mass is 79.9. The summed E-state index contributed by atoms with van der Waals surface area (Å²) in [4.78, 5) is 0. The van der Waals surface area contributed by atoms with Crippen molar-refractivity contribution < 1.29 is 4.74 Å². The Bertz CT molecular complexity index is 566. The van der Waals surface area contributed by atoms with Crippen LogP contribution in [0.3, 0.4) is 0 Å². The van der Waals surface area contributed by atoms with Gasteiger partial charge in [0.2, 0.25) is 0 Å². The average molecular weight is 348 g/mol. The van der Waals surface area contributed by atoms with Crippen LogP contribution in [0.4, 0.5) is 5.69 Å². The molecule has 0 aliphatic rings. The van der Waals surface area contributed by atoms with Gasteiger partial charge in [-0.1, -0.05) is 37.6 Å². The standard InChI is InChI=1S/C18H22BrNO/c1-3-4-12-21-16-10-8-15(9-11-16)13-20-17-7-5-6-14(2)18(17)19/h5-11,20H,3-4,12-13H2,1-2H3. The van der Waals surface area contributed by atoms with Crippen molar-refractivity contribution in [3.8, 4) is 5.75 Å². The first-order valence-electron chi connectivity index (χ1n) is 7.41. The van der Waals surface area contributed by atoms with Gasteiger partial charge in [0.15, 0.2) is 0 Å². The van der Waals surface area contributed by atoms with Gasteiger partial charge in [-0.05, 0) is 58.6 Å². The Kier molecular flexibility index (Phi) is 6.12. The molecule has 0 aliphatic carbocycles. The maximum Gasteiger partial charge on any atom is 0.119 e. The second-order valence-electron chi connectivity index (χ2n) is 5.14. The van der Waals surface area contributed by atoms with Crippen molar-refractivity contribution in [2.24, 2.45) is 0 Å². The molecular weight excluding hydrogens is 326 g/mol. The van der Waals surface area contributed by atoms with E-state index in [-0.39, 0.29) is 0 Å². The third-order valence-electron chi connectivity index (χ3n) is 3.36.